The van der Waals surface area contributed by atoms with E-state index in [0.717, 1.165) is 60.1 Å². The number of carbonyl (C=O) groups is 1. The van der Waals surface area contributed by atoms with Crippen molar-refractivity contribution in [3.8, 4) is 22.8 Å². The van der Waals surface area contributed by atoms with Gasteiger partial charge in [0.15, 0.2) is 0 Å². The summed E-state index contributed by atoms with van der Waals surface area (Å²) < 4.78 is 8.01. The number of aromatic nitrogens is 2. The average Bonchev–Trinajstić information content (AvgIpc) is 3.24. The number of benzene rings is 2. The number of allylic oxidation sites excluding steroid dienone is 1. The quantitative estimate of drug-likeness (QED) is 0.392. The molecule has 2 aromatic carbocycles. The Labute approximate surface area is 200 Å². The van der Waals surface area contributed by atoms with Crippen LogP contribution in [0.2, 0.25) is 0 Å². The van der Waals surface area contributed by atoms with Crippen molar-refractivity contribution in [1.82, 2.24) is 14.7 Å². The molecule has 176 valence electrons. The fourth-order valence-corrected chi connectivity index (χ4v) is 4.31. The number of hydrogen-bond donors (Lipinski definition) is 1. The Hall–Kier alpha value is -3.87. The van der Waals surface area contributed by atoms with Crippen molar-refractivity contribution in [3.05, 3.63) is 72.3 Å². The zero-order chi connectivity index (χ0) is 23.9. The Morgan fingerprint density at radius 1 is 1.09 bits per heavy atom. The van der Waals surface area contributed by atoms with Gasteiger partial charge in [-0.3, -0.25) is 9.79 Å². The van der Waals surface area contributed by atoms with Crippen LogP contribution in [0, 0.1) is 0 Å². The highest BCUT2D eigenvalue weighted by Gasteiger charge is 2.27. The Morgan fingerprint density at radius 2 is 1.76 bits per heavy atom. The van der Waals surface area contributed by atoms with Crippen LogP contribution in [0.1, 0.15) is 31.4 Å². The molecule has 1 amide bonds. The lowest BCUT2D eigenvalue weighted by atomic mass is 10.0. The molecule has 0 spiro atoms. The number of para-hydroxylation sites is 1. The van der Waals surface area contributed by atoms with Crippen LogP contribution >= 0.6 is 0 Å². The van der Waals surface area contributed by atoms with Gasteiger partial charge in [-0.2, -0.15) is 5.10 Å². The van der Waals surface area contributed by atoms with Gasteiger partial charge in [-0.15, -0.1) is 0 Å². The smallest absolute Gasteiger partial charge is 0.246 e. The summed E-state index contributed by atoms with van der Waals surface area (Å²) in [5, 5.41) is 8.35. The molecule has 1 saturated heterocycles. The molecule has 0 aliphatic carbocycles. The van der Waals surface area contributed by atoms with E-state index in [1.807, 2.05) is 79.7 Å². The maximum Gasteiger partial charge on any atom is 0.246 e. The van der Waals surface area contributed by atoms with Crippen molar-refractivity contribution in [2.45, 2.75) is 25.8 Å². The van der Waals surface area contributed by atoms with Crippen LogP contribution in [0.5, 0.6) is 11.5 Å². The molecule has 3 aromatic rings. The number of carbonyl (C=O) groups excluding carboxylic acids is 1. The highest BCUT2D eigenvalue weighted by atomic mass is 16.5. The van der Waals surface area contributed by atoms with Crippen molar-refractivity contribution in [3.63, 3.8) is 0 Å². The number of piperidine rings is 1. The molecule has 1 aliphatic rings. The van der Waals surface area contributed by atoms with Crippen LogP contribution in [0.3, 0.4) is 0 Å². The minimum Gasteiger partial charge on any atom is -0.457 e. The number of nitrogens with zero attached hydrogens (tertiary/aromatic N) is 4. The number of amides is 1. The van der Waals surface area contributed by atoms with Crippen molar-refractivity contribution in [1.29, 1.82) is 0 Å². The van der Waals surface area contributed by atoms with Crippen LogP contribution in [-0.2, 0) is 4.79 Å². The van der Waals surface area contributed by atoms with E-state index in [1.54, 1.807) is 19.2 Å². The van der Waals surface area contributed by atoms with Gasteiger partial charge >= 0.3 is 0 Å². The number of hydrogen-bond acceptors (Lipinski definition) is 5. The number of nitrogens with one attached hydrogen (secondary N) is 1. The van der Waals surface area contributed by atoms with E-state index < -0.39 is 0 Å². The second kappa shape index (κ2) is 10.8. The van der Waals surface area contributed by atoms with Gasteiger partial charge in [-0.1, -0.05) is 24.3 Å². The van der Waals surface area contributed by atoms with Crippen LogP contribution in [0.4, 0.5) is 5.82 Å². The van der Waals surface area contributed by atoms with E-state index in [0.29, 0.717) is 0 Å². The summed E-state index contributed by atoms with van der Waals surface area (Å²) in [4.78, 5) is 18.4. The number of likely N-dealkylation sites (tertiary alicyclic amines) is 1. The number of ether oxygens (including phenoxy) is 1. The first-order valence-electron chi connectivity index (χ1n) is 11.6. The highest BCUT2D eigenvalue weighted by molar-refractivity contribution is 5.95. The normalized spacial score (nSPS) is 14.7. The molecular weight excluding hydrogens is 426 g/mol. The van der Waals surface area contributed by atoms with Gasteiger partial charge in [0.2, 0.25) is 5.91 Å². The molecule has 1 fully saturated rings. The predicted molar refractivity (Wildman–Crippen MR) is 137 cm³/mol. The van der Waals surface area contributed by atoms with Gasteiger partial charge in [0.1, 0.15) is 23.0 Å². The van der Waals surface area contributed by atoms with Gasteiger partial charge in [0, 0.05) is 39.0 Å². The molecule has 1 N–H and O–H groups in total. The molecule has 0 atom stereocenters. The number of rotatable bonds is 7. The second-order valence-corrected chi connectivity index (χ2v) is 8.19. The predicted octanol–water partition coefficient (Wildman–Crippen LogP) is 5.17. The topological polar surface area (TPSA) is 71.8 Å². The van der Waals surface area contributed by atoms with Crippen molar-refractivity contribution in [2.75, 3.05) is 32.5 Å². The monoisotopic (exact) mass is 457 g/mol. The Bertz CT molecular complexity index is 1160. The van der Waals surface area contributed by atoms with E-state index in [-0.39, 0.29) is 11.9 Å². The Balaban J connectivity index is 1.59. The van der Waals surface area contributed by atoms with Crippen molar-refractivity contribution >= 4 is 17.9 Å². The van der Waals surface area contributed by atoms with Gasteiger partial charge in [0.25, 0.3) is 0 Å². The molecular formula is C27H31N5O2. The van der Waals surface area contributed by atoms with Crippen LogP contribution < -0.4 is 10.1 Å². The summed E-state index contributed by atoms with van der Waals surface area (Å²) in [5.74, 6) is 2.58. The molecule has 7 heteroatoms. The van der Waals surface area contributed by atoms with Crippen LogP contribution in [0.15, 0.2) is 71.7 Å². The van der Waals surface area contributed by atoms with Crippen LogP contribution in [-0.4, -0.2) is 54.0 Å². The lowest BCUT2D eigenvalue weighted by Gasteiger charge is -2.32. The zero-order valence-electron chi connectivity index (χ0n) is 19.9. The summed E-state index contributed by atoms with van der Waals surface area (Å²) in [6.45, 7) is 3.30. The fraction of sp³-hybridized carbons (Fsp3) is 0.296. The Morgan fingerprint density at radius 3 is 2.38 bits per heavy atom. The molecule has 1 aliphatic heterocycles. The molecule has 0 bridgehead atoms. The second-order valence-electron chi connectivity index (χ2n) is 8.19. The highest BCUT2D eigenvalue weighted by Crippen LogP contribution is 2.34. The maximum atomic E-state index is 12.2. The SMILES string of the molecule is C/C=C/C(=O)N1CCC(n2nc(-c3ccc(Oc4ccccc4)cc3)c(C=NC)c2NC)CC1. The van der Waals surface area contributed by atoms with Crippen molar-refractivity contribution < 1.29 is 9.53 Å². The fourth-order valence-electron chi connectivity index (χ4n) is 4.31. The lowest BCUT2D eigenvalue weighted by Crippen LogP contribution is -2.38. The third kappa shape index (κ3) is 5.03. The Kier molecular flexibility index (Phi) is 7.42. The third-order valence-corrected chi connectivity index (χ3v) is 5.98. The van der Waals surface area contributed by atoms with Crippen molar-refractivity contribution in [2.24, 2.45) is 4.99 Å². The van der Waals surface area contributed by atoms with E-state index in [4.69, 9.17) is 9.84 Å². The summed E-state index contributed by atoms with van der Waals surface area (Å²) >= 11 is 0. The molecule has 1 aromatic heterocycles. The largest absolute Gasteiger partial charge is 0.457 e. The lowest BCUT2D eigenvalue weighted by molar-refractivity contribution is -0.127. The molecule has 4 rings (SSSR count). The van der Waals surface area contributed by atoms with Crippen LogP contribution in [0.25, 0.3) is 11.3 Å². The molecule has 0 saturated carbocycles. The van der Waals surface area contributed by atoms with E-state index >= 15 is 0 Å². The minimum absolute atomic E-state index is 0.0764. The van der Waals surface area contributed by atoms with Gasteiger partial charge in [-0.25, -0.2) is 4.68 Å². The van der Waals surface area contributed by atoms with Gasteiger partial charge in [0.05, 0.1) is 11.6 Å². The van der Waals surface area contributed by atoms with E-state index in [9.17, 15) is 4.79 Å². The summed E-state index contributed by atoms with van der Waals surface area (Å²) in [6, 6.07) is 17.9. The van der Waals surface area contributed by atoms with Gasteiger partial charge < -0.3 is 15.0 Å². The maximum absolute atomic E-state index is 12.2. The summed E-state index contributed by atoms with van der Waals surface area (Å²) in [6.07, 6.45) is 6.98. The third-order valence-electron chi connectivity index (χ3n) is 5.98. The molecule has 0 radical (unpaired) electrons. The minimum atomic E-state index is 0.0764. The first-order chi connectivity index (χ1) is 16.6. The molecule has 2 heterocycles. The molecule has 34 heavy (non-hydrogen) atoms. The van der Waals surface area contributed by atoms with E-state index in [1.165, 1.54) is 0 Å². The van der Waals surface area contributed by atoms with Gasteiger partial charge in [-0.05, 0) is 62.2 Å². The molecule has 7 nitrogen and oxygen atoms in total. The summed E-state index contributed by atoms with van der Waals surface area (Å²) in [7, 11) is 3.68. The first-order valence-corrected chi connectivity index (χ1v) is 11.6. The number of anilines is 1. The first kappa shape index (κ1) is 23.3. The number of aliphatic imine (C=N–C) groups is 1. The molecule has 0 unspecified atom stereocenters. The average molecular weight is 458 g/mol. The zero-order valence-corrected chi connectivity index (χ0v) is 19.9. The summed E-state index contributed by atoms with van der Waals surface area (Å²) in [5.41, 5.74) is 2.81. The van der Waals surface area contributed by atoms with E-state index in [2.05, 4.69) is 15.0 Å². The standard InChI is InChI=1S/C27H31N5O2/c1-4-8-25(33)31-17-15-21(16-18-31)32-27(29-3)24(19-28-2)26(30-32)20-11-13-23(14-12-20)34-22-9-6-5-7-10-22/h4-14,19,21,29H,15-18H2,1-3H3/b8-4+,28-19?.